The van der Waals surface area contributed by atoms with Gasteiger partial charge in [0.15, 0.2) is 0 Å². The summed E-state index contributed by atoms with van der Waals surface area (Å²) in [5, 5.41) is 21.9. The minimum Gasteiger partial charge on any atom is -0.507 e. The highest BCUT2D eigenvalue weighted by Gasteiger charge is 2.26. The molecule has 184 valence electrons. The third kappa shape index (κ3) is 10.3. The summed E-state index contributed by atoms with van der Waals surface area (Å²) in [7, 11) is 0. The first kappa shape index (κ1) is 27.9. The van der Waals surface area contributed by atoms with Gasteiger partial charge in [0.05, 0.1) is 6.04 Å². The van der Waals surface area contributed by atoms with Crippen LogP contribution in [0.3, 0.4) is 0 Å². The number of carbonyl (C=O) groups is 4. The number of esters is 2. The minimum absolute atomic E-state index is 0.0188. The summed E-state index contributed by atoms with van der Waals surface area (Å²) in [5.74, 6) is -3.64. The molecule has 2 atom stereocenters. The third-order valence-corrected chi connectivity index (χ3v) is 4.15. The summed E-state index contributed by atoms with van der Waals surface area (Å²) < 4.78 is 10.4. The zero-order chi connectivity index (χ0) is 25.6. The number of nitrogens with one attached hydrogen (secondary N) is 1. The maximum absolute atomic E-state index is 12.4. The van der Waals surface area contributed by atoms with Gasteiger partial charge in [-0.3, -0.25) is 9.59 Å². The molecule has 33 heavy (non-hydrogen) atoms. The summed E-state index contributed by atoms with van der Waals surface area (Å²) in [6.07, 6.45) is -0.286. The number of aliphatic carboxylic acids is 1. The minimum atomic E-state index is -1.35. The van der Waals surface area contributed by atoms with Crippen molar-refractivity contribution in [1.29, 1.82) is 0 Å². The zero-order valence-corrected chi connectivity index (χ0v) is 19.9. The van der Waals surface area contributed by atoms with Gasteiger partial charge in [0.1, 0.15) is 28.6 Å². The lowest BCUT2D eigenvalue weighted by Gasteiger charge is -2.21. The second-order valence-corrected chi connectivity index (χ2v) is 9.69. The molecule has 0 spiro atoms. The van der Waals surface area contributed by atoms with Crippen molar-refractivity contribution < 1.29 is 38.9 Å². The number of aromatic hydroxyl groups is 1. The van der Waals surface area contributed by atoms with Crippen LogP contribution in [0.4, 0.5) is 0 Å². The van der Waals surface area contributed by atoms with E-state index in [1.165, 1.54) is 18.2 Å². The van der Waals surface area contributed by atoms with Crippen LogP contribution in [0.15, 0.2) is 18.2 Å². The van der Waals surface area contributed by atoms with Gasteiger partial charge in [0.2, 0.25) is 5.91 Å². The van der Waals surface area contributed by atoms with Crippen LogP contribution in [0.25, 0.3) is 0 Å². The molecule has 0 aliphatic heterocycles. The Morgan fingerprint density at radius 2 is 1.61 bits per heavy atom. The average molecular weight is 467 g/mol. The van der Waals surface area contributed by atoms with Crippen LogP contribution in [0.1, 0.15) is 70.3 Å². The summed E-state index contributed by atoms with van der Waals surface area (Å²) in [5.41, 5.74) is 4.61. The first-order valence-corrected chi connectivity index (χ1v) is 10.5. The van der Waals surface area contributed by atoms with Gasteiger partial charge in [0.25, 0.3) is 0 Å². The Hall–Kier alpha value is -3.14. The molecular formula is C23H34N2O8. The Balaban J connectivity index is 2.83. The van der Waals surface area contributed by atoms with Gasteiger partial charge in [-0.05, 0) is 65.7 Å². The largest absolute Gasteiger partial charge is 0.507 e. The topological polar surface area (TPSA) is 165 Å². The Morgan fingerprint density at radius 3 is 2.12 bits per heavy atom. The number of benzene rings is 1. The molecule has 1 aromatic rings. The zero-order valence-electron chi connectivity index (χ0n) is 19.9. The van der Waals surface area contributed by atoms with Crippen molar-refractivity contribution in [3.63, 3.8) is 0 Å². The van der Waals surface area contributed by atoms with Gasteiger partial charge in [0, 0.05) is 12.8 Å². The fraction of sp³-hybridized carbons (Fsp3) is 0.565. The number of hydrogen-bond acceptors (Lipinski definition) is 8. The van der Waals surface area contributed by atoms with E-state index in [-0.39, 0.29) is 30.6 Å². The van der Waals surface area contributed by atoms with E-state index in [2.05, 4.69) is 5.32 Å². The molecule has 1 aromatic carbocycles. The van der Waals surface area contributed by atoms with Gasteiger partial charge in [-0.15, -0.1) is 0 Å². The van der Waals surface area contributed by atoms with Crippen LogP contribution >= 0.6 is 0 Å². The van der Waals surface area contributed by atoms with Gasteiger partial charge in [-0.1, -0.05) is 6.07 Å². The van der Waals surface area contributed by atoms with Crippen molar-refractivity contribution in [2.45, 2.75) is 84.1 Å². The van der Waals surface area contributed by atoms with Crippen molar-refractivity contribution in [2.75, 3.05) is 0 Å². The van der Waals surface area contributed by atoms with Crippen molar-refractivity contribution in [3.05, 3.63) is 29.3 Å². The quantitative estimate of drug-likeness (QED) is 0.398. The number of hydrogen-bond donors (Lipinski definition) is 4. The summed E-state index contributed by atoms with van der Waals surface area (Å²) in [4.78, 5) is 48.2. The molecule has 0 saturated heterocycles. The maximum Gasteiger partial charge on any atom is 0.342 e. The fourth-order valence-corrected chi connectivity index (χ4v) is 2.72. The van der Waals surface area contributed by atoms with E-state index in [0.717, 1.165) is 0 Å². The number of carboxylic acid groups (broad SMARTS) is 1. The third-order valence-electron chi connectivity index (χ3n) is 4.15. The highest BCUT2D eigenvalue weighted by atomic mass is 16.6. The van der Waals surface area contributed by atoms with Crippen LogP contribution in [0.2, 0.25) is 0 Å². The predicted molar refractivity (Wildman–Crippen MR) is 120 cm³/mol. The molecule has 10 heteroatoms. The number of amides is 1. The van der Waals surface area contributed by atoms with Crippen molar-refractivity contribution in [3.8, 4) is 5.75 Å². The smallest absolute Gasteiger partial charge is 0.342 e. The second kappa shape index (κ2) is 11.1. The number of carboxylic acids is 1. The van der Waals surface area contributed by atoms with E-state index in [4.69, 9.17) is 15.2 Å². The summed E-state index contributed by atoms with van der Waals surface area (Å²) >= 11 is 0. The molecular weight excluding hydrogens is 432 g/mol. The van der Waals surface area contributed by atoms with Crippen LogP contribution in [0, 0.1) is 0 Å². The molecule has 10 nitrogen and oxygen atoms in total. The number of nitrogens with two attached hydrogens (primary N) is 1. The standard InChI is InChI=1S/C23H34N2O8/c1-22(2,3)32-18(27)10-8-15(24)19(28)25-16(20(29)30)12-13-7-9-17(26)14(11-13)21(31)33-23(4,5)6/h7,9,11,15-16,26H,8,10,12,24H2,1-6H3,(H,25,28)(H,29,30)/t15-,16-/m0/s1. The Labute approximate surface area is 193 Å². The predicted octanol–water partition coefficient (Wildman–Crippen LogP) is 1.91. The summed E-state index contributed by atoms with van der Waals surface area (Å²) in [6.45, 7) is 10.2. The maximum atomic E-state index is 12.4. The molecule has 0 aliphatic rings. The summed E-state index contributed by atoms with van der Waals surface area (Å²) in [6, 6.07) is 1.54. The molecule has 5 N–H and O–H groups in total. The number of ether oxygens (including phenoxy) is 2. The average Bonchev–Trinajstić information content (AvgIpc) is 2.63. The molecule has 0 unspecified atom stereocenters. The van der Waals surface area contributed by atoms with E-state index in [1.807, 2.05) is 0 Å². The van der Waals surface area contributed by atoms with Gasteiger partial charge in [-0.2, -0.15) is 0 Å². The molecule has 1 rings (SSSR count). The lowest BCUT2D eigenvalue weighted by Crippen LogP contribution is -2.49. The molecule has 0 heterocycles. The lowest BCUT2D eigenvalue weighted by molar-refractivity contribution is -0.155. The van der Waals surface area contributed by atoms with Crippen LogP contribution < -0.4 is 11.1 Å². The molecule has 0 bridgehead atoms. The number of phenolic OH excluding ortho intramolecular Hbond substituents is 1. The SMILES string of the molecule is CC(C)(C)OC(=O)CC[C@H](N)C(=O)N[C@@H](Cc1ccc(O)c(C(=O)OC(C)(C)C)c1)C(=O)O. The Morgan fingerprint density at radius 1 is 1.03 bits per heavy atom. The Kier molecular flexibility index (Phi) is 9.41. The van der Waals surface area contributed by atoms with Crippen LogP contribution in [-0.2, 0) is 30.3 Å². The first-order chi connectivity index (χ1) is 15.0. The number of rotatable bonds is 9. The van der Waals surface area contributed by atoms with Crippen molar-refractivity contribution in [1.82, 2.24) is 5.32 Å². The molecule has 0 aromatic heterocycles. The fourth-order valence-electron chi connectivity index (χ4n) is 2.72. The van der Waals surface area contributed by atoms with Gasteiger partial charge in [-0.25, -0.2) is 9.59 Å². The Bertz CT molecular complexity index is 883. The molecule has 0 aliphatic carbocycles. The molecule has 0 radical (unpaired) electrons. The highest BCUT2D eigenvalue weighted by Crippen LogP contribution is 2.23. The van der Waals surface area contributed by atoms with E-state index in [9.17, 15) is 29.4 Å². The lowest BCUT2D eigenvalue weighted by atomic mass is 10.0. The molecule has 1 amide bonds. The van der Waals surface area contributed by atoms with Crippen LogP contribution in [0.5, 0.6) is 5.75 Å². The van der Waals surface area contributed by atoms with E-state index < -0.39 is 47.1 Å². The van der Waals surface area contributed by atoms with Crippen LogP contribution in [-0.4, -0.2) is 57.3 Å². The van der Waals surface area contributed by atoms with Gasteiger partial charge >= 0.3 is 17.9 Å². The van der Waals surface area contributed by atoms with E-state index in [0.29, 0.717) is 5.56 Å². The monoisotopic (exact) mass is 466 g/mol. The van der Waals surface area contributed by atoms with E-state index in [1.54, 1.807) is 41.5 Å². The molecule has 0 saturated carbocycles. The first-order valence-electron chi connectivity index (χ1n) is 10.5. The number of phenols is 1. The molecule has 0 fully saturated rings. The normalized spacial score (nSPS) is 13.5. The highest BCUT2D eigenvalue weighted by molar-refractivity contribution is 5.93. The second-order valence-electron chi connectivity index (χ2n) is 9.69. The van der Waals surface area contributed by atoms with Crippen molar-refractivity contribution in [2.24, 2.45) is 5.73 Å². The van der Waals surface area contributed by atoms with E-state index >= 15 is 0 Å². The van der Waals surface area contributed by atoms with Gasteiger partial charge < -0.3 is 30.7 Å². The van der Waals surface area contributed by atoms with Crippen molar-refractivity contribution >= 4 is 23.8 Å². The number of carbonyl (C=O) groups excluding carboxylic acids is 3.